The minimum Gasteiger partial charge on any atom is -0.480 e. The Labute approximate surface area is 111 Å². The quantitative estimate of drug-likeness (QED) is 0.700. The Balaban J connectivity index is 2.69. The van der Waals surface area contributed by atoms with Gasteiger partial charge in [-0.05, 0) is 18.7 Å². The summed E-state index contributed by atoms with van der Waals surface area (Å²) >= 11 is 1.53. The number of aliphatic carboxylic acids is 1. The van der Waals surface area contributed by atoms with E-state index in [9.17, 15) is 15.0 Å². The van der Waals surface area contributed by atoms with Gasteiger partial charge in [0.25, 0.3) is 0 Å². The van der Waals surface area contributed by atoms with Gasteiger partial charge in [0.1, 0.15) is 6.04 Å². The molecule has 4 nitrogen and oxygen atoms in total. The Kier molecular flexibility index (Phi) is 5.65. The van der Waals surface area contributed by atoms with Crippen molar-refractivity contribution in [2.75, 3.05) is 18.6 Å². The molecule has 0 aliphatic rings. The first-order valence-corrected chi connectivity index (χ1v) is 7.08. The van der Waals surface area contributed by atoms with Gasteiger partial charge in [0.05, 0.1) is 5.60 Å². The van der Waals surface area contributed by atoms with Crippen LogP contribution in [0.5, 0.6) is 0 Å². The maximum absolute atomic E-state index is 11.2. The Hall–Kier alpha value is -1.04. The fraction of sp³-hybridized carbons (Fsp3) is 0.462. The van der Waals surface area contributed by atoms with E-state index in [-0.39, 0.29) is 6.54 Å². The standard InChI is InChI=1S/C13H19NO3S/c1-13(17,9-18-2)8-14-11(12(15)16)10-6-4-3-5-7-10/h3-7,11,14,17H,8-9H2,1-2H3,(H,15,16). The van der Waals surface area contributed by atoms with Crippen LogP contribution in [-0.4, -0.2) is 40.3 Å². The molecule has 0 heterocycles. The van der Waals surface area contributed by atoms with Gasteiger partial charge >= 0.3 is 5.97 Å². The molecule has 100 valence electrons. The van der Waals surface area contributed by atoms with E-state index in [1.165, 1.54) is 11.8 Å². The van der Waals surface area contributed by atoms with E-state index in [0.29, 0.717) is 11.3 Å². The van der Waals surface area contributed by atoms with E-state index in [1.54, 1.807) is 31.2 Å². The molecule has 2 atom stereocenters. The van der Waals surface area contributed by atoms with Crippen molar-refractivity contribution in [1.29, 1.82) is 0 Å². The second-order valence-corrected chi connectivity index (χ2v) is 5.36. The molecule has 0 saturated carbocycles. The number of nitrogens with one attached hydrogen (secondary N) is 1. The lowest BCUT2D eigenvalue weighted by atomic mass is 10.1. The van der Waals surface area contributed by atoms with Crippen molar-refractivity contribution in [3.05, 3.63) is 35.9 Å². The lowest BCUT2D eigenvalue weighted by Crippen LogP contribution is -2.43. The first kappa shape index (κ1) is 15.0. The molecule has 0 aromatic heterocycles. The fourth-order valence-corrected chi connectivity index (χ4v) is 2.40. The van der Waals surface area contributed by atoms with Gasteiger partial charge in [-0.25, -0.2) is 0 Å². The number of benzene rings is 1. The number of aliphatic hydroxyl groups is 1. The van der Waals surface area contributed by atoms with Crippen molar-refractivity contribution < 1.29 is 15.0 Å². The number of hydrogen-bond donors (Lipinski definition) is 3. The van der Waals surface area contributed by atoms with E-state index >= 15 is 0 Å². The first-order chi connectivity index (χ1) is 8.46. The Morgan fingerprint density at radius 1 is 1.44 bits per heavy atom. The molecule has 0 aliphatic carbocycles. The highest BCUT2D eigenvalue weighted by atomic mass is 32.2. The van der Waals surface area contributed by atoms with Crippen LogP contribution in [-0.2, 0) is 4.79 Å². The van der Waals surface area contributed by atoms with Crippen LogP contribution < -0.4 is 5.32 Å². The normalized spacial score (nSPS) is 15.9. The number of carboxylic acids is 1. The number of carboxylic acid groups (broad SMARTS) is 1. The monoisotopic (exact) mass is 269 g/mol. The number of thioether (sulfide) groups is 1. The van der Waals surface area contributed by atoms with Crippen LogP contribution >= 0.6 is 11.8 Å². The minimum absolute atomic E-state index is 0.236. The number of carbonyl (C=O) groups is 1. The van der Waals surface area contributed by atoms with Gasteiger partial charge in [-0.3, -0.25) is 10.1 Å². The van der Waals surface area contributed by atoms with Crippen molar-refractivity contribution >= 4 is 17.7 Å². The van der Waals surface area contributed by atoms with Gasteiger partial charge in [-0.2, -0.15) is 11.8 Å². The summed E-state index contributed by atoms with van der Waals surface area (Å²) in [6.07, 6.45) is 1.90. The topological polar surface area (TPSA) is 69.6 Å². The van der Waals surface area contributed by atoms with E-state index in [2.05, 4.69) is 5.32 Å². The molecule has 1 rings (SSSR count). The average Bonchev–Trinajstić information content (AvgIpc) is 2.30. The average molecular weight is 269 g/mol. The van der Waals surface area contributed by atoms with Crippen LogP contribution in [0.1, 0.15) is 18.5 Å². The summed E-state index contributed by atoms with van der Waals surface area (Å²) in [5.41, 5.74) is -0.230. The Morgan fingerprint density at radius 2 is 2.06 bits per heavy atom. The van der Waals surface area contributed by atoms with Gasteiger partial charge in [0.2, 0.25) is 0 Å². The second-order valence-electron chi connectivity index (χ2n) is 4.49. The summed E-state index contributed by atoms with van der Waals surface area (Å²) in [6.45, 7) is 1.93. The summed E-state index contributed by atoms with van der Waals surface area (Å²) in [7, 11) is 0. The molecular formula is C13H19NO3S. The largest absolute Gasteiger partial charge is 0.480 e. The molecule has 0 aliphatic heterocycles. The van der Waals surface area contributed by atoms with Crippen molar-refractivity contribution in [3.63, 3.8) is 0 Å². The molecule has 5 heteroatoms. The summed E-state index contributed by atoms with van der Waals surface area (Å²) in [6, 6.07) is 8.16. The van der Waals surface area contributed by atoms with Crippen LogP contribution in [0.25, 0.3) is 0 Å². The summed E-state index contributed by atoms with van der Waals surface area (Å²) < 4.78 is 0. The maximum atomic E-state index is 11.2. The third-order valence-corrected chi connectivity index (χ3v) is 3.43. The molecule has 0 amide bonds. The molecule has 18 heavy (non-hydrogen) atoms. The third kappa shape index (κ3) is 4.68. The van der Waals surface area contributed by atoms with Gasteiger partial charge in [0.15, 0.2) is 0 Å². The molecule has 0 saturated heterocycles. The highest BCUT2D eigenvalue weighted by Gasteiger charge is 2.25. The van der Waals surface area contributed by atoms with Gasteiger partial charge in [-0.1, -0.05) is 30.3 Å². The maximum Gasteiger partial charge on any atom is 0.325 e. The van der Waals surface area contributed by atoms with Crippen LogP contribution in [0.4, 0.5) is 0 Å². The predicted octanol–water partition coefficient (Wildman–Crippen LogP) is 1.52. The Bertz CT molecular complexity index is 381. The molecule has 2 unspecified atom stereocenters. The smallest absolute Gasteiger partial charge is 0.325 e. The minimum atomic E-state index is -0.943. The molecule has 0 fully saturated rings. The summed E-state index contributed by atoms with van der Waals surface area (Å²) in [5.74, 6) is -0.387. The summed E-state index contributed by atoms with van der Waals surface area (Å²) in [5, 5.41) is 22.1. The zero-order valence-electron chi connectivity index (χ0n) is 10.6. The molecule has 0 radical (unpaired) electrons. The second kappa shape index (κ2) is 6.78. The van der Waals surface area contributed by atoms with Crippen molar-refractivity contribution in [1.82, 2.24) is 5.32 Å². The summed E-state index contributed by atoms with van der Waals surface area (Å²) in [4.78, 5) is 11.2. The lowest BCUT2D eigenvalue weighted by molar-refractivity contribution is -0.139. The van der Waals surface area contributed by atoms with E-state index in [0.717, 1.165) is 0 Å². The number of rotatable bonds is 7. The molecule has 0 bridgehead atoms. The molecule has 3 N–H and O–H groups in total. The van der Waals surface area contributed by atoms with E-state index in [4.69, 9.17) is 0 Å². The van der Waals surface area contributed by atoms with Crippen LogP contribution in [0.3, 0.4) is 0 Å². The molecule has 0 spiro atoms. The SMILES string of the molecule is CSCC(C)(O)CNC(C(=O)O)c1ccccc1. The number of hydrogen-bond acceptors (Lipinski definition) is 4. The van der Waals surface area contributed by atoms with E-state index in [1.807, 2.05) is 12.3 Å². The third-order valence-electron chi connectivity index (χ3n) is 2.52. The van der Waals surface area contributed by atoms with Gasteiger partial charge in [0, 0.05) is 12.3 Å². The Morgan fingerprint density at radius 3 is 2.56 bits per heavy atom. The van der Waals surface area contributed by atoms with Crippen molar-refractivity contribution in [2.24, 2.45) is 0 Å². The fourth-order valence-electron chi connectivity index (χ4n) is 1.68. The highest BCUT2D eigenvalue weighted by molar-refractivity contribution is 7.98. The highest BCUT2D eigenvalue weighted by Crippen LogP contribution is 2.15. The molecular weight excluding hydrogens is 250 g/mol. The van der Waals surface area contributed by atoms with Crippen LogP contribution in [0.15, 0.2) is 30.3 Å². The molecule has 1 aromatic rings. The molecule has 1 aromatic carbocycles. The van der Waals surface area contributed by atoms with Gasteiger partial charge in [-0.15, -0.1) is 0 Å². The van der Waals surface area contributed by atoms with Gasteiger partial charge < -0.3 is 10.2 Å². The lowest BCUT2D eigenvalue weighted by Gasteiger charge is -2.25. The zero-order valence-corrected chi connectivity index (χ0v) is 11.4. The van der Waals surface area contributed by atoms with Crippen molar-refractivity contribution in [2.45, 2.75) is 18.6 Å². The van der Waals surface area contributed by atoms with Crippen molar-refractivity contribution in [3.8, 4) is 0 Å². The van der Waals surface area contributed by atoms with Crippen LogP contribution in [0, 0.1) is 0 Å². The predicted molar refractivity (Wildman–Crippen MR) is 73.8 cm³/mol. The van der Waals surface area contributed by atoms with Crippen LogP contribution in [0.2, 0.25) is 0 Å². The zero-order chi connectivity index (χ0) is 13.6. The first-order valence-electron chi connectivity index (χ1n) is 5.69. The van der Waals surface area contributed by atoms with E-state index < -0.39 is 17.6 Å².